The highest BCUT2D eigenvalue weighted by Crippen LogP contribution is 2.27. The summed E-state index contributed by atoms with van der Waals surface area (Å²) in [6.45, 7) is 1.47. The van der Waals surface area contributed by atoms with Crippen LogP contribution < -0.4 is 10.1 Å². The first-order valence-corrected chi connectivity index (χ1v) is 8.37. The van der Waals surface area contributed by atoms with Crippen LogP contribution in [0.5, 0.6) is 5.75 Å². The predicted molar refractivity (Wildman–Crippen MR) is 91.1 cm³/mol. The van der Waals surface area contributed by atoms with E-state index < -0.39 is 11.6 Å². The van der Waals surface area contributed by atoms with E-state index in [0.717, 1.165) is 29.1 Å². The van der Waals surface area contributed by atoms with Crippen LogP contribution in [0.25, 0.3) is 0 Å². The van der Waals surface area contributed by atoms with Crippen molar-refractivity contribution in [3.05, 3.63) is 29.8 Å². The molecule has 1 aliphatic heterocycles. The van der Waals surface area contributed by atoms with Crippen LogP contribution >= 0.6 is 0 Å². The summed E-state index contributed by atoms with van der Waals surface area (Å²) in [6.07, 6.45) is 2.32. The molecule has 1 atom stereocenters. The fraction of sp³-hybridized carbons (Fsp3) is 0.500. The third kappa shape index (κ3) is 3.45. The number of amides is 4. The van der Waals surface area contributed by atoms with E-state index in [1.807, 2.05) is 24.3 Å². The van der Waals surface area contributed by atoms with Gasteiger partial charge >= 0.3 is 6.03 Å². The molecule has 2 aliphatic rings. The first kappa shape index (κ1) is 17.3. The van der Waals surface area contributed by atoms with Gasteiger partial charge in [-0.3, -0.25) is 14.5 Å². The largest absolute Gasteiger partial charge is 0.497 e. The molecule has 1 heterocycles. The van der Waals surface area contributed by atoms with Gasteiger partial charge in [0.25, 0.3) is 5.91 Å². The van der Waals surface area contributed by atoms with Crippen LogP contribution in [0.1, 0.15) is 25.3 Å². The lowest BCUT2D eigenvalue weighted by Crippen LogP contribution is -2.47. The molecule has 1 aromatic carbocycles. The number of nitrogens with zero attached hydrogens (tertiary/aromatic N) is 2. The minimum absolute atomic E-state index is 0.209. The summed E-state index contributed by atoms with van der Waals surface area (Å²) in [5.41, 5.74) is -0.148. The second-order valence-electron chi connectivity index (χ2n) is 6.91. The Morgan fingerprint density at radius 2 is 1.96 bits per heavy atom. The molecule has 0 aromatic heterocycles. The number of ether oxygens (including phenoxy) is 1. The van der Waals surface area contributed by atoms with E-state index in [1.165, 1.54) is 0 Å². The fourth-order valence-corrected chi connectivity index (χ4v) is 3.07. The van der Waals surface area contributed by atoms with Crippen molar-refractivity contribution < 1.29 is 19.1 Å². The number of carbonyl (C=O) groups excluding carboxylic acids is 3. The maximum atomic E-state index is 12.8. The third-order valence-corrected chi connectivity index (χ3v) is 4.84. The Balaban J connectivity index is 1.69. The molecule has 1 aliphatic carbocycles. The normalized spacial score (nSPS) is 22.8. The van der Waals surface area contributed by atoms with Crippen molar-refractivity contribution in [2.75, 3.05) is 20.7 Å². The average molecular weight is 345 g/mol. The van der Waals surface area contributed by atoms with Gasteiger partial charge in [0.05, 0.1) is 7.11 Å². The number of likely N-dealkylation sites (N-methyl/N-ethyl adjacent to an activating group) is 1. The molecule has 0 spiro atoms. The number of methoxy groups -OCH3 is 1. The highest BCUT2D eigenvalue weighted by atomic mass is 16.5. The topological polar surface area (TPSA) is 79.0 Å². The molecular weight excluding hydrogens is 322 g/mol. The summed E-state index contributed by atoms with van der Waals surface area (Å²) in [4.78, 5) is 39.9. The molecule has 7 heteroatoms. The number of imide groups is 1. The van der Waals surface area contributed by atoms with Crippen molar-refractivity contribution in [1.82, 2.24) is 15.1 Å². The van der Waals surface area contributed by atoms with Gasteiger partial charge in [0.15, 0.2) is 0 Å². The van der Waals surface area contributed by atoms with Crippen LogP contribution in [0.4, 0.5) is 4.79 Å². The lowest BCUT2D eigenvalue weighted by atomic mass is 9.93. The third-order valence-electron chi connectivity index (χ3n) is 4.84. The molecule has 134 valence electrons. The van der Waals surface area contributed by atoms with Crippen LogP contribution in [-0.4, -0.2) is 59.9 Å². The molecule has 7 nitrogen and oxygen atoms in total. The van der Waals surface area contributed by atoms with Gasteiger partial charge in [-0.25, -0.2) is 4.79 Å². The van der Waals surface area contributed by atoms with Crippen molar-refractivity contribution in [3.63, 3.8) is 0 Å². The summed E-state index contributed by atoms with van der Waals surface area (Å²) >= 11 is 0. The summed E-state index contributed by atoms with van der Waals surface area (Å²) in [5.74, 6) is 0.150. The zero-order valence-corrected chi connectivity index (χ0v) is 14.7. The van der Waals surface area contributed by atoms with Crippen LogP contribution in [0.3, 0.4) is 0 Å². The summed E-state index contributed by atoms with van der Waals surface area (Å²) in [5, 5.41) is 2.73. The smallest absolute Gasteiger partial charge is 0.325 e. The molecule has 1 saturated carbocycles. The number of carbonyl (C=O) groups is 3. The predicted octanol–water partition coefficient (Wildman–Crippen LogP) is 1.17. The number of hydrogen-bond donors (Lipinski definition) is 1. The zero-order chi connectivity index (χ0) is 18.2. The number of benzene rings is 1. The van der Waals surface area contributed by atoms with Crippen molar-refractivity contribution >= 4 is 17.8 Å². The molecule has 1 saturated heterocycles. The summed E-state index contributed by atoms with van der Waals surface area (Å²) in [6, 6.07) is 7.08. The summed E-state index contributed by atoms with van der Waals surface area (Å²) in [7, 11) is 3.31. The standard InChI is InChI=1S/C18H23N3O4/c1-18(10-12-4-8-14(25-3)9-5-12)16(23)21(17(24)19-18)11-15(22)20(2)13-6-7-13/h4-5,8-9,13H,6-7,10-11H2,1-3H3,(H,19,24)/t18-/m0/s1. The minimum atomic E-state index is -1.05. The van der Waals surface area contributed by atoms with Gasteiger partial charge in [0, 0.05) is 19.5 Å². The van der Waals surface area contributed by atoms with E-state index in [2.05, 4.69) is 5.32 Å². The van der Waals surface area contributed by atoms with Crippen LogP contribution in [0.2, 0.25) is 0 Å². The van der Waals surface area contributed by atoms with Gasteiger partial charge in [-0.2, -0.15) is 0 Å². The quantitative estimate of drug-likeness (QED) is 0.785. The molecule has 1 aromatic rings. The van der Waals surface area contributed by atoms with E-state index in [1.54, 1.807) is 26.0 Å². The monoisotopic (exact) mass is 345 g/mol. The highest BCUT2D eigenvalue weighted by molar-refractivity contribution is 6.08. The Hall–Kier alpha value is -2.57. The zero-order valence-electron chi connectivity index (χ0n) is 14.7. The van der Waals surface area contributed by atoms with Crippen LogP contribution in [-0.2, 0) is 16.0 Å². The van der Waals surface area contributed by atoms with E-state index in [4.69, 9.17) is 4.74 Å². The minimum Gasteiger partial charge on any atom is -0.497 e. The molecule has 2 fully saturated rings. The Labute approximate surface area is 146 Å². The molecule has 0 bridgehead atoms. The maximum absolute atomic E-state index is 12.8. The number of hydrogen-bond acceptors (Lipinski definition) is 4. The molecule has 0 unspecified atom stereocenters. The van der Waals surface area contributed by atoms with E-state index in [-0.39, 0.29) is 24.4 Å². The van der Waals surface area contributed by atoms with Crippen molar-refractivity contribution in [3.8, 4) is 5.75 Å². The molecule has 3 rings (SSSR count). The number of rotatable bonds is 6. The summed E-state index contributed by atoms with van der Waals surface area (Å²) < 4.78 is 5.12. The second-order valence-corrected chi connectivity index (χ2v) is 6.91. The average Bonchev–Trinajstić information content (AvgIpc) is 3.40. The number of nitrogens with one attached hydrogen (secondary N) is 1. The molecule has 25 heavy (non-hydrogen) atoms. The molecular formula is C18H23N3O4. The van der Waals surface area contributed by atoms with Gasteiger partial charge < -0.3 is 15.0 Å². The van der Waals surface area contributed by atoms with Crippen molar-refractivity contribution in [1.29, 1.82) is 0 Å². The van der Waals surface area contributed by atoms with Gasteiger partial charge in [-0.05, 0) is 37.5 Å². The SMILES string of the molecule is COc1ccc(C[C@]2(C)NC(=O)N(CC(=O)N(C)C3CC3)C2=O)cc1. The molecule has 1 N–H and O–H groups in total. The van der Waals surface area contributed by atoms with Crippen LogP contribution in [0.15, 0.2) is 24.3 Å². The first-order chi connectivity index (χ1) is 11.8. The maximum Gasteiger partial charge on any atom is 0.325 e. The van der Waals surface area contributed by atoms with E-state index in [9.17, 15) is 14.4 Å². The van der Waals surface area contributed by atoms with E-state index >= 15 is 0 Å². The van der Waals surface area contributed by atoms with Crippen molar-refractivity contribution in [2.24, 2.45) is 0 Å². The number of urea groups is 1. The lowest BCUT2D eigenvalue weighted by Gasteiger charge is -2.23. The Morgan fingerprint density at radius 3 is 2.52 bits per heavy atom. The van der Waals surface area contributed by atoms with Gasteiger partial charge in [-0.15, -0.1) is 0 Å². The molecule has 4 amide bonds. The van der Waals surface area contributed by atoms with Gasteiger partial charge in [0.1, 0.15) is 17.8 Å². The Bertz CT molecular complexity index is 699. The lowest BCUT2D eigenvalue weighted by molar-refractivity contribution is -0.138. The van der Waals surface area contributed by atoms with Gasteiger partial charge in [-0.1, -0.05) is 12.1 Å². The first-order valence-electron chi connectivity index (χ1n) is 8.37. The van der Waals surface area contributed by atoms with E-state index in [0.29, 0.717) is 6.42 Å². The fourth-order valence-electron chi connectivity index (χ4n) is 3.07. The Kier molecular flexibility index (Phi) is 4.41. The second kappa shape index (κ2) is 6.38. The molecule has 0 radical (unpaired) electrons. The van der Waals surface area contributed by atoms with Crippen molar-refractivity contribution in [2.45, 2.75) is 37.8 Å². The highest BCUT2D eigenvalue weighted by Gasteiger charge is 2.48. The van der Waals surface area contributed by atoms with Crippen LogP contribution in [0, 0.1) is 0 Å². The Morgan fingerprint density at radius 1 is 1.32 bits per heavy atom. The van der Waals surface area contributed by atoms with Gasteiger partial charge in [0.2, 0.25) is 5.91 Å².